The van der Waals surface area contributed by atoms with E-state index < -0.39 is 0 Å². The highest BCUT2D eigenvalue weighted by Gasteiger charge is 2.41. The zero-order valence-electron chi connectivity index (χ0n) is 12.4. The summed E-state index contributed by atoms with van der Waals surface area (Å²) in [6, 6.07) is 0.679. The van der Waals surface area contributed by atoms with E-state index in [9.17, 15) is 0 Å². The van der Waals surface area contributed by atoms with Gasteiger partial charge in [-0.05, 0) is 25.7 Å². The number of aliphatic hydroxyl groups is 1. The van der Waals surface area contributed by atoms with Crippen molar-refractivity contribution in [3.8, 4) is 0 Å². The molecule has 1 atom stereocenters. The van der Waals surface area contributed by atoms with Crippen LogP contribution in [0.5, 0.6) is 0 Å². The lowest BCUT2D eigenvalue weighted by atomic mass is 9.83. The second-order valence-electron chi connectivity index (χ2n) is 6.39. The first kappa shape index (κ1) is 14.7. The topological polar surface area (TPSA) is 45.2 Å². The third-order valence-corrected chi connectivity index (χ3v) is 5.21. The molecule has 0 bridgehead atoms. The molecule has 1 spiro atoms. The molecule has 116 valence electrons. The van der Waals surface area contributed by atoms with Crippen molar-refractivity contribution in [2.24, 2.45) is 0 Å². The molecule has 0 saturated carbocycles. The lowest BCUT2D eigenvalue weighted by molar-refractivity contribution is -0.153. The Bertz CT molecular complexity index is 294. The molecule has 1 N–H and O–H groups in total. The molecule has 5 nitrogen and oxygen atoms in total. The van der Waals surface area contributed by atoms with Crippen molar-refractivity contribution < 1.29 is 14.6 Å². The van der Waals surface area contributed by atoms with Gasteiger partial charge in [-0.1, -0.05) is 0 Å². The second kappa shape index (κ2) is 6.71. The van der Waals surface area contributed by atoms with Crippen LogP contribution in [-0.4, -0.2) is 85.7 Å². The normalized spacial score (nSPS) is 32.5. The van der Waals surface area contributed by atoms with Crippen LogP contribution in [-0.2, 0) is 9.47 Å². The van der Waals surface area contributed by atoms with Crippen LogP contribution >= 0.6 is 0 Å². The summed E-state index contributed by atoms with van der Waals surface area (Å²) in [6.07, 6.45) is 4.47. The van der Waals surface area contributed by atoms with Crippen molar-refractivity contribution in [3.63, 3.8) is 0 Å². The van der Waals surface area contributed by atoms with Crippen molar-refractivity contribution >= 4 is 0 Å². The van der Waals surface area contributed by atoms with E-state index in [4.69, 9.17) is 14.6 Å². The Labute approximate surface area is 121 Å². The van der Waals surface area contributed by atoms with Crippen LogP contribution < -0.4 is 0 Å². The number of ether oxygens (including phenoxy) is 2. The summed E-state index contributed by atoms with van der Waals surface area (Å²) in [5, 5.41) is 9.02. The summed E-state index contributed by atoms with van der Waals surface area (Å²) >= 11 is 0. The minimum absolute atomic E-state index is 0.101. The summed E-state index contributed by atoms with van der Waals surface area (Å²) in [7, 11) is 0. The van der Waals surface area contributed by atoms with Gasteiger partial charge in [0, 0.05) is 58.6 Å². The van der Waals surface area contributed by atoms with Crippen molar-refractivity contribution in [1.82, 2.24) is 9.80 Å². The number of piperazine rings is 1. The summed E-state index contributed by atoms with van der Waals surface area (Å²) in [6.45, 7) is 8.18. The van der Waals surface area contributed by atoms with E-state index in [1.54, 1.807) is 0 Å². The molecular weight excluding hydrogens is 256 g/mol. The Balaban J connectivity index is 1.52. The lowest BCUT2D eigenvalue weighted by Gasteiger charge is -2.48. The molecule has 20 heavy (non-hydrogen) atoms. The van der Waals surface area contributed by atoms with Gasteiger partial charge in [0.2, 0.25) is 0 Å². The van der Waals surface area contributed by atoms with Crippen LogP contribution in [0.25, 0.3) is 0 Å². The highest BCUT2D eigenvalue weighted by molar-refractivity contribution is 4.93. The number of hydrogen-bond acceptors (Lipinski definition) is 5. The molecule has 3 saturated heterocycles. The summed E-state index contributed by atoms with van der Waals surface area (Å²) in [5.74, 6) is 0. The lowest BCUT2D eigenvalue weighted by Crippen LogP contribution is -2.56. The predicted molar refractivity (Wildman–Crippen MR) is 76.9 cm³/mol. The van der Waals surface area contributed by atoms with E-state index in [1.165, 1.54) is 12.8 Å². The SMILES string of the molecule is OCCN1CCN(C2CCOC3(CCOCC3)C2)CC1. The minimum Gasteiger partial charge on any atom is -0.395 e. The van der Waals surface area contributed by atoms with Gasteiger partial charge in [-0.25, -0.2) is 0 Å². The number of β-amino-alcohol motifs (C(OH)–C–C–N with tert-alkyl or cyclic N) is 1. The van der Waals surface area contributed by atoms with Gasteiger partial charge in [-0.3, -0.25) is 9.80 Å². The maximum Gasteiger partial charge on any atom is 0.0741 e. The first-order chi connectivity index (χ1) is 9.81. The molecule has 0 radical (unpaired) electrons. The molecule has 5 heteroatoms. The monoisotopic (exact) mass is 284 g/mol. The molecule has 3 rings (SSSR count). The van der Waals surface area contributed by atoms with E-state index in [0.717, 1.165) is 65.4 Å². The van der Waals surface area contributed by atoms with Crippen LogP contribution in [0, 0.1) is 0 Å². The average molecular weight is 284 g/mol. The van der Waals surface area contributed by atoms with E-state index >= 15 is 0 Å². The first-order valence-corrected chi connectivity index (χ1v) is 8.10. The van der Waals surface area contributed by atoms with Crippen LogP contribution in [0.15, 0.2) is 0 Å². The van der Waals surface area contributed by atoms with Gasteiger partial charge in [-0.15, -0.1) is 0 Å². The standard InChI is InChI=1S/C15H28N2O3/c18-9-8-16-4-6-17(7-5-16)14-1-10-20-15(13-14)2-11-19-12-3-15/h14,18H,1-13H2. The van der Waals surface area contributed by atoms with E-state index in [-0.39, 0.29) is 12.2 Å². The summed E-state index contributed by atoms with van der Waals surface area (Å²) in [4.78, 5) is 5.01. The number of nitrogens with zero attached hydrogens (tertiary/aromatic N) is 2. The second-order valence-corrected chi connectivity index (χ2v) is 6.39. The zero-order chi connectivity index (χ0) is 13.8. The molecule has 0 aromatic heterocycles. The average Bonchev–Trinajstić information content (AvgIpc) is 2.49. The smallest absolute Gasteiger partial charge is 0.0741 e. The van der Waals surface area contributed by atoms with Gasteiger partial charge in [0.1, 0.15) is 0 Å². The molecule has 3 aliphatic heterocycles. The Morgan fingerprint density at radius 1 is 1.05 bits per heavy atom. The Hall–Kier alpha value is -0.200. The summed E-state index contributed by atoms with van der Waals surface area (Å²) < 4.78 is 11.6. The van der Waals surface area contributed by atoms with Crippen molar-refractivity contribution in [1.29, 1.82) is 0 Å². The highest BCUT2D eigenvalue weighted by Crippen LogP contribution is 2.36. The maximum atomic E-state index is 9.02. The summed E-state index contributed by atoms with van der Waals surface area (Å²) in [5.41, 5.74) is 0.101. The molecule has 3 aliphatic rings. The largest absolute Gasteiger partial charge is 0.395 e. The highest BCUT2D eigenvalue weighted by atomic mass is 16.5. The molecule has 3 fully saturated rings. The van der Waals surface area contributed by atoms with Gasteiger partial charge in [0.25, 0.3) is 0 Å². The third kappa shape index (κ3) is 3.34. The van der Waals surface area contributed by atoms with Crippen molar-refractivity contribution in [3.05, 3.63) is 0 Å². The number of hydrogen-bond donors (Lipinski definition) is 1. The molecule has 0 amide bonds. The van der Waals surface area contributed by atoms with Crippen LogP contribution in [0.2, 0.25) is 0 Å². The van der Waals surface area contributed by atoms with Crippen molar-refractivity contribution in [2.75, 3.05) is 59.2 Å². The molecule has 1 unspecified atom stereocenters. The van der Waals surface area contributed by atoms with E-state index in [0.29, 0.717) is 6.04 Å². The third-order valence-electron chi connectivity index (χ3n) is 5.21. The molecule has 0 aliphatic carbocycles. The molecular formula is C15H28N2O3. The van der Waals surface area contributed by atoms with Crippen LogP contribution in [0.3, 0.4) is 0 Å². The van der Waals surface area contributed by atoms with Gasteiger partial charge in [0.05, 0.1) is 12.2 Å². The fourth-order valence-corrected chi connectivity index (χ4v) is 3.90. The fraction of sp³-hybridized carbons (Fsp3) is 1.00. The zero-order valence-corrected chi connectivity index (χ0v) is 12.4. The van der Waals surface area contributed by atoms with E-state index in [2.05, 4.69) is 9.80 Å². The van der Waals surface area contributed by atoms with E-state index in [1.807, 2.05) is 0 Å². The minimum atomic E-state index is 0.101. The number of aliphatic hydroxyl groups excluding tert-OH is 1. The van der Waals surface area contributed by atoms with Gasteiger partial charge in [-0.2, -0.15) is 0 Å². The molecule has 0 aromatic carbocycles. The van der Waals surface area contributed by atoms with Gasteiger partial charge >= 0.3 is 0 Å². The van der Waals surface area contributed by atoms with Crippen LogP contribution in [0.1, 0.15) is 25.7 Å². The maximum absolute atomic E-state index is 9.02. The quantitative estimate of drug-likeness (QED) is 0.809. The first-order valence-electron chi connectivity index (χ1n) is 8.10. The van der Waals surface area contributed by atoms with Crippen LogP contribution in [0.4, 0.5) is 0 Å². The molecule has 3 heterocycles. The predicted octanol–water partition coefficient (Wildman–Crippen LogP) is 0.325. The molecule has 0 aromatic rings. The Morgan fingerprint density at radius 2 is 1.80 bits per heavy atom. The Morgan fingerprint density at radius 3 is 2.50 bits per heavy atom. The van der Waals surface area contributed by atoms with Gasteiger partial charge < -0.3 is 14.6 Å². The fourth-order valence-electron chi connectivity index (χ4n) is 3.90. The van der Waals surface area contributed by atoms with Crippen molar-refractivity contribution in [2.45, 2.75) is 37.3 Å². The van der Waals surface area contributed by atoms with Gasteiger partial charge in [0.15, 0.2) is 0 Å². The Kier molecular flexibility index (Phi) is 4.94. The number of rotatable bonds is 3.